The minimum absolute atomic E-state index is 0.00532. The zero-order valence-electron chi connectivity index (χ0n) is 12.0. The van der Waals surface area contributed by atoms with Gasteiger partial charge in [0, 0.05) is 31.7 Å². The van der Waals surface area contributed by atoms with Gasteiger partial charge >= 0.3 is 0 Å². The molecular formula is C15H20N4O. The lowest BCUT2D eigenvalue weighted by molar-refractivity contribution is 0.0623. The van der Waals surface area contributed by atoms with Gasteiger partial charge in [0.25, 0.3) is 5.91 Å². The Hall–Kier alpha value is -1.91. The second kappa shape index (κ2) is 5.23. The molecular weight excluding hydrogens is 252 g/mol. The van der Waals surface area contributed by atoms with Crippen molar-refractivity contribution < 1.29 is 4.79 Å². The summed E-state index contributed by atoms with van der Waals surface area (Å²) in [4.78, 5) is 22.9. The highest BCUT2D eigenvalue weighted by atomic mass is 16.2. The lowest BCUT2D eigenvalue weighted by Crippen LogP contribution is -2.42. The maximum Gasteiger partial charge on any atom is 0.274 e. The molecule has 0 N–H and O–H groups in total. The number of aromatic nitrogens is 3. The first kappa shape index (κ1) is 13.1. The quantitative estimate of drug-likeness (QED) is 0.843. The van der Waals surface area contributed by atoms with Crippen LogP contribution in [0.4, 0.5) is 0 Å². The van der Waals surface area contributed by atoms with E-state index in [0.717, 1.165) is 6.42 Å². The van der Waals surface area contributed by atoms with Crippen molar-refractivity contribution in [1.82, 2.24) is 19.3 Å². The van der Waals surface area contributed by atoms with Crippen molar-refractivity contribution in [1.29, 1.82) is 0 Å². The number of hydrogen-bond acceptors (Lipinski definition) is 3. The van der Waals surface area contributed by atoms with Gasteiger partial charge in [-0.1, -0.05) is 19.8 Å². The van der Waals surface area contributed by atoms with Gasteiger partial charge in [-0.15, -0.1) is 0 Å². The third-order valence-corrected chi connectivity index (χ3v) is 4.34. The number of fused-ring (bicyclic) bond motifs is 1. The van der Waals surface area contributed by atoms with Crippen LogP contribution in [0.2, 0.25) is 0 Å². The summed E-state index contributed by atoms with van der Waals surface area (Å²) in [6.07, 6.45) is 10.1. The molecule has 1 aliphatic rings. The molecule has 0 bridgehead atoms. The highest BCUT2D eigenvalue weighted by Gasteiger charge is 2.29. The molecule has 20 heavy (non-hydrogen) atoms. The summed E-state index contributed by atoms with van der Waals surface area (Å²) >= 11 is 0. The van der Waals surface area contributed by atoms with E-state index in [4.69, 9.17) is 0 Å². The molecule has 1 saturated carbocycles. The van der Waals surface area contributed by atoms with Gasteiger partial charge < -0.3 is 4.90 Å². The highest BCUT2D eigenvalue weighted by molar-refractivity contribution is 5.92. The van der Waals surface area contributed by atoms with E-state index in [9.17, 15) is 4.79 Å². The number of rotatable bonds is 2. The zero-order valence-corrected chi connectivity index (χ0v) is 12.0. The fraction of sp³-hybridized carbons (Fsp3) is 0.533. The number of carbonyl (C=O) groups is 1. The summed E-state index contributed by atoms with van der Waals surface area (Å²) < 4.78 is 1.78. The molecule has 2 atom stereocenters. The third-order valence-electron chi connectivity index (χ3n) is 4.34. The van der Waals surface area contributed by atoms with Crippen LogP contribution in [0, 0.1) is 5.92 Å². The van der Waals surface area contributed by atoms with Gasteiger partial charge in [0.2, 0.25) is 5.78 Å². The minimum atomic E-state index is -0.00532. The van der Waals surface area contributed by atoms with Crippen LogP contribution >= 0.6 is 0 Å². The fourth-order valence-electron chi connectivity index (χ4n) is 3.14. The molecule has 5 heteroatoms. The largest absolute Gasteiger partial charge is 0.337 e. The summed E-state index contributed by atoms with van der Waals surface area (Å²) in [6.45, 7) is 2.23. The van der Waals surface area contributed by atoms with Crippen molar-refractivity contribution in [2.75, 3.05) is 7.05 Å². The zero-order chi connectivity index (χ0) is 14.1. The molecule has 0 radical (unpaired) electrons. The molecule has 0 spiro atoms. The molecule has 0 saturated heterocycles. The molecule has 3 rings (SSSR count). The molecule has 2 aromatic rings. The smallest absolute Gasteiger partial charge is 0.274 e. The van der Waals surface area contributed by atoms with Crippen LogP contribution < -0.4 is 0 Å². The summed E-state index contributed by atoms with van der Waals surface area (Å²) in [5.41, 5.74) is 0.476. The maximum atomic E-state index is 12.6. The van der Waals surface area contributed by atoms with E-state index in [1.54, 1.807) is 16.8 Å². The second-order valence-corrected chi connectivity index (χ2v) is 5.70. The molecule has 0 aromatic carbocycles. The van der Waals surface area contributed by atoms with Crippen molar-refractivity contribution in [2.24, 2.45) is 5.92 Å². The average Bonchev–Trinajstić information content (AvgIpc) is 2.90. The maximum absolute atomic E-state index is 12.6. The van der Waals surface area contributed by atoms with E-state index < -0.39 is 0 Å². The van der Waals surface area contributed by atoms with Crippen molar-refractivity contribution in [2.45, 2.75) is 38.6 Å². The van der Waals surface area contributed by atoms with Gasteiger partial charge in [-0.3, -0.25) is 9.20 Å². The Balaban J connectivity index is 1.83. The van der Waals surface area contributed by atoms with Gasteiger partial charge in [0.15, 0.2) is 0 Å². The monoisotopic (exact) mass is 272 g/mol. The molecule has 106 valence electrons. The SMILES string of the molecule is C[C@@H]1CCCC[C@H]1N(C)C(=O)c1cn2cccnc2n1. The van der Waals surface area contributed by atoms with E-state index in [-0.39, 0.29) is 5.91 Å². The van der Waals surface area contributed by atoms with Gasteiger partial charge in [-0.25, -0.2) is 9.97 Å². The molecule has 2 heterocycles. The standard InChI is InChI=1S/C15H20N4O/c1-11-6-3-4-7-13(11)18(2)14(20)12-10-19-9-5-8-16-15(19)17-12/h5,8-11,13H,3-4,6-7H2,1-2H3/t11-,13-/m1/s1. The van der Waals surface area contributed by atoms with Gasteiger partial charge in [0.05, 0.1) is 0 Å². The number of carbonyl (C=O) groups excluding carboxylic acids is 1. The molecule has 2 aromatic heterocycles. The Bertz CT molecular complexity index is 588. The van der Waals surface area contributed by atoms with Gasteiger partial charge in [0.1, 0.15) is 5.69 Å². The Morgan fingerprint density at radius 3 is 2.95 bits per heavy atom. The molecule has 5 nitrogen and oxygen atoms in total. The second-order valence-electron chi connectivity index (χ2n) is 5.70. The lowest BCUT2D eigenvalue weighted by Gasteiger charge is -2.35. The van der Waals surface area contributed by atoms with Crippen LogP contribution in [0.15, 0.2) is 24.7 Å². The number of amides is 1. The summed E-state index contributed by atoms with van der Waals surface area (Å²) in [6, 6.07) is 2.16. The van der Waals surface area contributed by atoms with E-state index in [0.29, 0.717) is 23.4 Å². The van der Waals surface area contributed by atoms with Crippen LogP contribution in [0.3, 0.4) is 0 Å². The first-order chi connectivity index (χ1) is 9.66. The van der Waals surface area contributed by atoms with Gasteiger partial charge in [-0.05, 0) is 24.8 Å². The molecule has 0 aliphatic heterocycles. The van der Waals surface area contributed by atoms with Crippen molar-refractivity contribution in [3.63, 3.8) is 0 Å². The van der Waals surface area contributed by atoms with Gasteiger partial charge in [-0.2, -0.15) is 0 Å². The normalized spacial score (nSPS) is 22.9. The van der Waals surface area contributed by atoms with E-state index in [2.05, 4.69) is 16.9 Å². The average molecular weight is 272 g/mol. The topological polar surface area (TPSA) is 50.5 Å². The predicted molar refractivity (Wildman–Crippen MR) is 76.5 cm³/mol. The first-order valence-corrected chi connectivity index (χ1v) is 7.23. The van der Waals surface area contributed by atoms with Crippen LogP contribution in [0.1, 0.15) is 43.1 Å². The van der Waals surface area contributed by atoms with Crippen molar-refractivity contribution >= 4 is 11.7 Å². The number of hydrogen-bond donors (Lipinski definition) is 0. The predicted octanol–water partition coefficient (Wildman–Crippen LogP) is 2.38. The van der Waals surface area contributed by atoms with E-state index in [1.807, 2.05) is 24.2 Å². The van der Waals surface area contributed by atoms with Crippen LogP contribution in [0.5, 0.6) is 0 Å². The van der Waals surface area contributed by atoms with Crippen molar-refractivity contribution in [3.05, 3.63) is 30.4 Å². The summed E-state index contributed by atoms with van der Waals surface area (Å²) in [5.74, 6) is 1.13. The number of imidazole rings is 1. The van der Waals surface area contributed by atoms with Crippen LogP contribution in [-0.2, 0) is 0 Å². The van der Waals surface area contributed by atoms with Crippen LogP contribution in [-0.4, -0.2) is 38.3 Å². The summed E-state index contributed by atoms with van der Waals surface area (Å²) in [5, 5.41) is 0. The Morgan fingerprint density at radius 2 is 2.20 bits per heavy atom. The molecule has 0 unspecified atom stereocenters. The lowest BCUT2D eigenvalue weighted by atomic mass is 9.85. The van der Waals surface area contributed by atoms with Crippen molar-refractivity contribution in [3.8, 4) is 0 Å². The van der Waals surface area contributed by atoms with E-state index >= 15 is 0 Å². The highest BCUT2D eigenvalue weighted by Crippen LogP contribution is 2.28. The Morgan fingerprint density at radius 1 is 1.40 bits per heavy atom. The Labute approximate surface area is 118 Å². The molecule has 1 amide bonds. The fourth-order valence-corrected chi connectivity index (χ4v) is 3.14. The molecule has 1 fully saturated rings. The summed E-state index contributed by atoms with van der Waals surface area (Å²) in [7, 11) is 1.90. The number of nitrogens with zero attached hydrogens (tertiary/aromatic N) is 4. The minimum Gasteiger partial charge on any atom is -0.337 e. The molecule has 1 aliphatic carbocycles. The van der Waals surface area contributed by atoms with E-state index in [1.165, 1.54) is 19.3 Å². The first-order valence-electron chi connectivity index (χ1n) is 7.23. The van der Waals surface area contributed by atoms with Crippen LogP contribution in [0.25, 0.3) is 5.78 Å². The third kappa shape index (κ3) is 2.28. The Kier molecular flexibility index (Phi) is 3.42.